The summed E-state index contributed by atoms with van der Waals surface area (Å²) in [5, 5.41) is 3.26. The van der Waals surface area contributed by atoms with Crippen molar-refractivity contribution in [3.8, 4) is 0 Å². The smallest absolute Gasteiger partial charge is 0.226 e. The first-order valence-corrected chi connectivity index (χ1v) is 11.1. The summed E-state index contributed by atoms with van der Waals surface area (Å²) in [5.74, 6) is 1.36. The monoisotopic (exact) mass is 419 g/mol. The molecule has 0 aliphatic carbocycles. The lowest BCUT2D eigenvalue weighted by Crippen LogP contribution is -2.41. The Morgan fingerprint density at radius 3 is 2.81 bits per heavy atom. The number of carbonyl (C=O) groups excluding carboxylic acids is 1. The molecule has 0 spiro atoms. The molecule has 1 amide bonds. The number of hydrogen-bond acceptors (Lipinski definition) is 6. The molecule has 1 aromatic carbocycles. The van der Waals surface area contributed by atoms with Crippen molar-refractivity contribution >= 4 is 11.7 Å². The summed E-state index contributed by atoms with van der Waals surface area (Å²) in [4.78, 5) is 26.7. The van der Waals surface area contributed by atoms with Gasteiger partial charge in [-0.3, -0.25) is 14.8 Å². The van der Waals surface area contributed by atoms with E-state index in [1.165, 1.54) is 5.56 Å². The Morgan fingerprint density at radius 2 is 2.00 bits per heavy atom. The number of likely N-dealkylation sites (N-methyl/N-ethyl adjacent to an activating group) is 1. The summed E-state index contributed by atoms with van der Waals surface area (Å²) >= 11 is 0. The van der Waals surface area contributed by atoms with Crippen LogP contribution in [0.3, 0.4) is 0 Å². The molecule has 2 fully saturated rings. The molecule has 3 aliphatic heterocycles. The minimum Gasteiger partial charge on any atom is -0.378 e. The average Bonchev–Trinajstić information content (AvgIpc) is 3.37. The number of ether oxygens (including phenoxy) is 1. The minimum absolute atomic E-state index is 0.0287. The van der Waals surface area contributed by atoms with Crippen molar-refractivity contribution in [3.63, 3.8) is 0 Å². The van der Waals surface area contributed by atoms with Crippen molar-refractivity contribution in [1.82, 2.24) is 20.1 Å². The second kappa shape index (κ2) is 8.77. The number of benzene rings is 1. The quantitative estimate of drug-likeness (QED) is 0.812. The van der Waals surface area contributed by atoms with Crippen LogP contribution in [0.4, 0.5) is 0 Å². The van der Waals surface area contributed by atoms with Gasteiger partial charge in [-0.2, -0.15) is 0 Å². The molecule has 2 atom stereocenters. The first-order chi connectivity index (χ1) is 15.2. The number of rotatable bonds is 4. The number of aliphatic imine (C=N–C) groups is 1. The third-order valence-corrected chi connectivity index (χ3v) is 6.42. The Bertz CT molecular complexity index is 971. The van der Waals surface area contributed by atoms with E-state index in [0.717, 1.165) is 62.0 Å². The zero-order valence-corrected chi connectivity index (χ0v) is 18.0. The Balaban J connectivity index is 1.23. The lowest BCUT2D eigenvalue weighted by molar-refractivity contribution is -0.121. The van der Waals surface area contributed by atoms with Gasteiger partial charge >= 0.3 is 0 Å². The molecule has 0 bridgehead atoms. The number of fused-ring (bicyclic) bond motifs is 1. The van der Waals surface area contributed by atoms with Gasteiger partial charge in [0, 0.05) is 49.9 Å². The Kier molecular flexibility index (Phi) is 5.70. The minimum atomic E-state index is 0.0287. The highest BCUT2D eigenvalue weighted by Crippen LogP contribution is 2.27. The molecule has 0 radical (unpaired) electrons. The fraction of sp³-hybridized carbons (Fsp3) is 0.458. The maximum Gasteiger partial charge on any atom is 0.226 e. The molecule has 7 nitrogen and oxygen atoms in total. The number of likely N-dealkylation sites (tertiary alicyclic amines) is 1. The topological polar surface area (TPSA) is 70.1 Å². The Labute approximate surface area is 183 Å². The van der Waals surface area contributed by atoms with E-state index in [9.17, 15) is 4.79 Å². The van der Waals surface area contributed by atoms with Crippen molar-refractivity contribution in [2.75, 3.05) is 46.4 Å². The van der Waals surface area contributed by atoms with Gasteiger partial charge in [-0.25, -0.2) is 0 Å². The first-order valence-electron chi connectivity index (χ1n) is 11.1. The second-order valence-corrected chi connectivity index (χ2v) is 8.66. The summed E-state index contributed by atoms with van der Waals surface area (Å²) in [6.07, 6.45) is 2.18. The number of carbonyl (C=O) groups is 1. The van der Waals surface area contributed by atoms with E-state index in [-0.39, 0.29) is 11.9 Å². The molecule has 0 unspecified atom stereocenters. The van der Waals surface area contributed by atoms with E-state index in [1.807, 2.05) is 18.3 Å². The molecular weight excluding hydrogens is 390 g/mol. The fourth-order valence-corrected chi connectivity index (χ4v) is 4.87. The van der Waals surface area contributed by atoms with Crippen LogP contribution >= 0.6 is 0 Å². The van der Waals surface area contributed by atoms with Crippen molar-refractivity contribution in [3.05, 3.63) is 65.0 Å². The molecule has 2 aromatic rings. The first kappa shape index (κ1) is 20.2. The maximum atomic E-state index is 12.8. The predicted octanol–water partition coefficient (Wildman–Crippen LogP) is 1.43. The lowest BCUT2D eigenvalue weighted by atomic mass is 9.94. The number of amides is 1. The molecular formula is C24H29N5O2. The molecule has 162 valence electrons. The number of amidine groups is 1. The standard InChI is InChI=1S/C24H29N5O2/c1-28-15-21(17-5-3-2-4-6-17)22(16-28)27-23(30)12-19-11-18-13-26-24(20(18)14-25-19)29-7-9-31-10-8-29/h2-6,11,14,21-22H,7-10,12-13,15-16H2,1H3,(H,27,30)/t21-,22+/m1/s1. The fourth-order valence-electron chi connectivity index (χ4n) is 4.87. The van der Waals surface area contributed by atoms with Gasteiger partial charge in [-0.1, -0.05) is 30.3 Å². The number of morpholine rings is 1. The molecule has 2 saturated heterocycles. The number of nitrogens with one attached hydrogen (secondary N) is 1. The van der Waals surface area contributed by atoms with E-state index in [4.69, 9.17) is 9.73 Å². The maximum absolute atomic E-state index is 12.8. The van der Waals surface area contributed by atoms with Crippen LogP contribution in [0.2, 0.25) is 0 Å². The van der Waals surface area contributed by atoms with Gasteiger partial charge < -0.3 is 19.9 Å². The number of pyridine rings is 1. The van der Waals surface area contributed by atoms with Crippen LogP contribution in [-0.4, -0.2) is 79.0 Å². The number of aromatic nitrogens is 1. The largest absolute Gasteiger partial charge is 0.378 e. The summed E-state index contributed by atoms with van der Waals surface area (Å²) in [7, 11) is 2.11. The normalized spacial score (nSPS) is 23.5. The van der Waals surface area contributed by atoms with Crippen molar-refractivity contribution in [2.45, 2.75) is 24.9 Å². The van der Waals surface area contributed by atoms with E-state index in [0.29, 0.717) is 18.9 Å². The van der Waals surface area contributed by atoms with E-state index in [2.05, 4.69) is 51.4 Å². The van der Waals surface area contributed by atoms with Crippen LogP contribution in [0.25, 0.3) is 0 Å². The molecule has 1 aromatic heterocycles. The van der Waals surface area contributed by atoms with Crippen LogP contribution in [0.1, 0.15) is 28.3 Å². The van der Waals surface area contributed by atoms with Gasteiger partial charge in [0.05, 0.1) is 31.9 Å². The Morgan fingerprint density at radius 1 is 1.19 bits per heavy atom. The van der Waals surface area contributed by atoms with Crippen LogP contribution < -0.4 is 5.32 Å². The molecule has 1 N–H and O–H groups in total. The zero-order valence-electron chi connectivity index (χ0n) is 18.0. The van der Waals surface area contributed by atoms with Gasteiger partial charge in [-0.05, 0) is 24.2 Å². The third kappa shape index (κ3) is 4.34. The van der Waals surface area contributed by atoms with E-state index < -0.39 is 0 Å². The summed E-state index contributed by atoms with van der Waals surface area (Å²) in [6, 6.07) is 12.6. The lowest BCUT2D eigenvalue weighted by Gasteiger charge is -2.28. The molecule has 5 rings (SSSR count). The highest BCUT2D eigenvalue weighted by molar-refractivity contribution is 6.01. The van der Waals surface area contributed by atoms with Crippen molar-refractivity contribution in [1.29, 1.82) is 0 Å². The Hall–Kier alpha value is -2.77. The average molecular weight is 420 g/mol. The SMILES string of the molecule is CN1C[C@H](NC(=O)Cc2cc3c(cn2)C(N2CCOCC2)=NC3)[C@@H](c2ccccc2)C1. The second-order valence-electron chi connectivity index (χ2n) is 8.66. The number of hydrogen-bond donors (Lipinski definition) is 1. The molecule has 7 heteroatoms. The van der Waals surface area contributed by atoms with Crippen LogP contribution in [0.15, 0.2) is 47.6 Å². The van der Waals surface area contributed by atoms with Crippen LogP contribution in [0, 0.1) is 0 Å². The van der Waals surface area contributed by atoms with E-state index >= 15 is 0 Å². The van der Waals surface area contributed by atoms with Gasteiger partial charge in [0.25, 0.3) is 0 Å². The highest BCUT2D eigenvalue weighted by Gasteiger charge is 2.33. The van der Waals surface area contributed by atoms with Crippen LogP contribution in [0.5, 0.6) is 0 Å². The van der Waals surface area contributed by atoms with Crippen molar-refractivity contribution < 1.29 is 9.53 Å². The predicted molar refractivity (Wildman–Crippen MR) is 119 cm³/mol. The summed E-state index contributed by atoms with van der Waals surface area (Å²) in [5.41, 5.74) is 4.33. The summed E-state index contributed by atoms with van der Waals surface area (Å²) < 4.78 is 5.45. The van der Waals surface area contributed by atoms with Gasteiger partial charge in [0.1, 0.15) is 5.84 Å². The van der Waals surface area contributed by atoms with E-state index in [1.54, 1.807) is 0 Å². The molecule has 31 heavy (non-hydrogen) atoms. The molecule has 3 aliphatic rings. The van der Waals surface area contributed by atoms with Gasteiger partial charge in [0.2, 0.25) is 5.91 Å². The van der Waals surface area contributed by atoms with Crippen molar-refractivity contribution in [2.24, 2.45) is 4.99 Å². The highest BCUT2D eigenvalue weighted by atomic mass is 16.5. The zero-order chi connectivity index (χ0) is 21.2. The third-order valence-electron chi connectivity index (χ3n) is 6.42. The number of nitrogens with zero attached hydrogens (tertiary/aromatic N) is 4. The van der Waals surface area contributed by atoms with Crippen LogP contribution in [-0.2, 0) is 22.5 Å². The van der Waals surface area contributed by atoms with Gasteiger partial charge in [-0.15, -0.1) is 0 Å². The summed E-state index contributed by atoms with van der Waals surface area (Å²) in [6.45, 7) is 5.67. The molecule has 4 heterocycles. The van der Waals surface area contributed by atoms with Gasteiger partial charge in [0.15, 0.2) is 0 Å². The molecule has 0 saturated carbocycles.